The Labute approximate surface area is 134 Å². The largest absolute Gasteiger partial charge is 0.466 e. The number of benzene rings is 1. The van der Waals surface area contributed by atoms with Crippen molar-refractivity contribution in [1.29, 1.82) is 0 Å². The van der Waals surface area contributed by atoms with Gasteiger partial charge in [-0.25, -0.2) is 0 Å². The highest BCUT2D eigenvalue weighted by Crippen LogP contribution is 2.35. The van der Waals surface area contributed by atoms with Crippen LogP contribution in [0.25, 0.3) is 0 Å². The molecule has 0 N–H and O–H groups in total. The summed E-state index contributed by atoms with van der Waals surface area (Å²) in [5.41, 5.74) is 1.31. The summed E-state index contributed by atoms with van der Waals surface area (Å²) in [5, 5.41) is 0. The Bertz CT molecular complexity index is 472. The first-order chi connectivity index (χ1) is 10.5. The van der Waals surface area contributed by atoms with E-state index in [1.165, 1.54) is 5.56 Å². The SMILES string of the molecule is CCOC(=O)C1CN(Cc2ccccc2)C[C@H]1C(C)C(C)C. The van der Waals surface area contributed by atoms with Crippen molar-refractivity contribution in [3.05, 3.63) is 35.9 Å². The molecule has 1 aliphatic heterocycles. The third-order valence-corrected chi connectivity index (χ3v) is 5.01. The molecule has 1 saturated heterocycles. The van der Waals surface area contributed by atoms with Gasteiger partial charge in [-0.2, -0.15) is 0 Å². The molecule has 2 unspecified atom stereocenters. The van der Waals surface area contributed by atoms with Crippen LogP contribution in [0.4, 0.5) is 0 Å². The Kier molecular flexibility index (Phi) is 6.01. The van der Waals surface area contributed by atoms with Crippen LogP contribution in [0.5, 0.6) is 0 Å². The number of hydrogen-bond donors (Lipinski definition) is 0. The van der Waals surface area contributed by atoms with Gasteiger partial charge >= 0.3 is 5.97 Å². The minimum Gasteiger partial charge on any atom is -0.466 e. The lowest BCUT2D eigenvalue weighted by atomic mass is 9.79. The molecule has 0 amide bonds. The third kappa shape index (κ3) is 4.10. The predicted molar refractivity (Wildman–Crippen MR) is 89.3 cm³/mol. The van der Waals surface area contributed by atoms with E-state index in [0.29, 0.717) is 24.4 Å². The third-order valence-electron chi connectivity index (χ3n) is 5.01. The monoisotopic (exact) mass is 303 g/mol. The van der Waals surface area contributed by atoms with Crippen LogP contribution in [0.3, 0.4) is 0 Å². The smallest absolute Gasteiger partial charge is 0.310 e. The molecule has 0 bridgehead atoms. The minimum atomic E-state index is -0.0180. The zero-order valence-corrected chi connectivity index (χ0v) is 14.3. The van der Waals surface area contributed by atoms with Crippen LogP contribution in [0.2, 0.25) is 0 Å². The van der Waals surface area contributed by atoms with Crippen molar-refractivity contribution < 1.29 is 9.53 Å². The Hall–Kier alpha value is -1.35. The maximum absolute atomic E-state index is 12.3. The van der Waals surface area contributed by atoms with Crippen molar-refractivity contribution in [2.75, 3.05) is 19.7 Å². The molecule has 122 valence electrons. The fraction of sp³-hybridized carbons (Fsp3) is 0.632. The van der Waals surface area contributed by atoms with Gasteiger partial charge in [-0.15, -0.1) is 0 Å². The molecule has 3 atom stereocenters. The summed E-state index contributed by atoms with van der Waals surface area (Å²) in [4.78, 5) is 14.7. The van der Waals surface area contributed by atoms with E-state index in [4.69, 9.17) is 4.74 Å². The first kappa shape index (κ1) is 17.0. The van der Waals surface area contributed by atoms with E-state index in [1.807, 2.05) is 13.0 Å². The van der Waals surface area contributed by atoms with Gasteiger partial charge in [-0.1, -0.05) is 51.1 Å². The van der Waals surface area contributed by atoms with E-state index >= 15 is 0 Å². The summed E-state index contributed by atoms with van der Waals surface area (Å²) in [6.45, 7) is 11.8. The summed E-state index contributed by atoms with van der Waals surface area (Å²) in [6, 6.07) is 10.5. The van der Waals surface area contributed by atoms with Crippen molar-refractivity contribution in [2.24, 2.45) is 23.7 Å². The number of carbonyl (C=O) groups excluding carboxylic acids is 1. The molecule has 0 saturated carbocycles. The lowest BCUT2D eigenvalue weighted by molar-refractivity contribution is -0.149. The van der Waals surface area contributed by atoms with Gasteiger partial charge in [0.1, 0.15) is 0 Å². The minimum absolute atomic E-state index is 0.0149. The molecular formula is C19H29NO2. The number of carbonyl (C=O) groups is 1. The molecule has 1 aromatic rings. The van der Waals surface area contributed by atoms with E-state index in [2.05, 4.69) is 49.9 Å². The summed E-state index contributed by atoms with van der Waals surface area (Å²) in [5.74, 6) is 1.49. The average molecular weight is 303 g/mol. The van der Waals surface area contributed by atoms with E-state index < -0.39 is 0 Å². The standard InChI is InChI=1S/C19H29NO2/c1-5-22-19(21)18-13-20(11-16-9-7-6-8-10-16)12-17(18)15(4)14(2)3/h6-10,14-15,17-18H,5,11-13H2,1-4H3/t15?,17-,18?/m0/s1. The van der Waals surface area contributed by atoms with Crippen LogP contribution in [-0.2, 0) is 16.1 Å². The summed E-state index contributed by atoms with van der Waals surface area (Å²) >= 11 is 0. The van der Waals surface area contributed by atoms with Gasteiger partial charge < -0.3 is 4.74 Å². The van der Waals surface area contributed by atoms with Gasteiger partial charge in [0.05, 0.1) is 12.5 Å². The average Bonchev–Trinajstić information content (AvgIpc) is 2.91. The van der Waals surface area contributed by atoms with E-state index in [0.717, 1.165) is 19.6 Å². The highest BCUT2D eigenvalue weighted by atomic mass is 16.5. The fourth-order valence-electron chi connectivity index (χ4n) is 3.41. The van der Waals surface area contributed by atoms with Crippen molar-refractivity contribution >= 4 is 5.97 Å². The number of nitrogens with zero attached hydrogens (tertiary/aromatic N) is 1. The Morgan fingerprint density at radius 3 is 2.50 bits per heavy atom. The van der Waals surface area contributed by atoms with Crippen molar-refractivity contribution in [2.45, 2.75) is 34.2 Å². The first-order valence-electron chi connectivity index (χ1n) is 8.45. The molecule has 22 heavy (non-hydrogen) atoms. The second-order valence-corrected chi connectivity index (χ2v) is 6.81. The number of likely N-dealkylation sites (tertiary alicyclic amines) is 1. The molecule has 0 radical (unpaired) electrons. The van der Waals surface area contributed by atoms with Gasteiger partial charge in [-0.05, 0) is 30.2 Å². The van der Waals surface area contributed by atoms with Crippen molar-refractivity contribution in [3.8, 4) is 0 Å². The molecule has 2 rings (SSSR count). The Morgan fingerprint density at radius 2 is 1.91 bits per heavy atom. The fourth-order valence-corrected chi connectivity index (χ4v) is 3.41. The van der Waals surface area contributed by atoms with E-state index in [-0.39, 0.29) is 11.9 Å². The summed E-state index contributed by atoms with van der Waals surface area (Å²) < 4.78 is 5.32. The van der Waals surface area contributed by atoms with Crippen LogP contribution >= 0.6 is 0 Å². The molecule has 1 fully saturated rings. The van der Waals surface area contributed by atoms with Crippen LogP contribution in [0, 0.1) is 23.7 Å². The molecule has 0 spiro atoms. The maximum Gasteiger partial charge on any atom is 0.310 e. The van der Waals surface area contributed by atoms with Gasteiger partial charge in [0.25, 0.3) is 0 Å². The lowest BCUT2D eigenvalue weighted by Gasteiger charge is -2.26. The van der Waals surface area contributed by atoms with Gasteiger partial charge in [0.15, 0.2) is 0 Å². The van der Waals surface area contributed by atoms with Crippen LogP contribution in [0.15, 0.2) is 30.3 Å². The quantitative estimate of drug-likeness (QED) is 0.752. The Morgan fingerprint density at radius 1 is 1.23 bits per heavy atom. The van der Waals surface area contributed by atoms with E-state index in [9.17, 15) is 4.79 Å². The highest BCUT2D eigenvalue weighted by Gasteiger charge is 2.41. The summed E-state index contributed by atoms with van der Waals surface area (Å²) in [6.07, 6.45) is 0. The summed E-state index contributed by atoms with van der Waals surface area (Å²) in [7, 11) is 0. The van der Waals surface area contributed by atoms with Crippen LogP contribution < -0.4 is 0 Å². The number of ether oxygens (including phenoxy) is 1. The van der Waals surface area contributed by atoms with Gasteiger partial charge in [0, 0.05) is 19.6 Å². The molecule has 1 aliphatic rings. The molecule has 3 heteroatoms. The van der Waals surface area contributed by atoms with Crippen LogP contribution in [0.1, 0.15) is 33.3 Å². The van der Waals surface area contributed by atoms with Crippen molar-refractivity contribution in [1.82, 2.24) is 4.90 Å². The van der Waals surface area contributed by atoms with E-state index in [1.54, 1.807) is 0 Å². The first-order valence-corrected chi connectivity index (χ1v) is 8.45. The molecule has 1 aromatic carbocycles. The molecule has 3 nitrogen and oxygen atoms in total. The van der Waals surface area contributed by atoms with Crippen molar-refractivity contribution in [3.63, 3.8) is 0 Å². The Balaban J connectivity index is 2.08. The molecule has 0 aromatic heterocycles. The maximum atomic E-state index is 12.3. The van der Waals surface area contributed by atoms with Gasteiger partial charge in [0.2, 0.25) is 0 Å². The number of hydrogen-bond acceptors (Lipinski definition) is 3. The molecule has 0 aliphatic carbocycles. The number of esters is 1. The highest BCUT2D eigenvalue weighted by molar-refractivity contribution is 5.73. The second-order valence-electron chi connectivity index (χ2n) is 6.81. The zero-order valence-electron chi connectivity index (χ0n) is 14.3. The topological polar surface area (TPSA) is 29.5 Å². The lowest BCUT2D eigenvalue weighted by Crippen LogP contribution is -2.30. The normalized spacial score (nSPS) is 23.7. The van der Waals surface area contributed by atoms with Crippen LogP contribution in [-0.4, -0.2) is 30.6 Å². The zero-order chi connectivity index (χ0) is 16.1. The molecule has 1 heterocycles. The van der Waals surface area contributed by atoms with Gasteiger partial charge in [-0.3, -0.25) is 9.69 Å². The number of rotatable bonds is 6. The molecular weight excluding hydrogens is 274 g/mol. The second kappa shape index (κ2) is 7.77. The predicted octanol–water partition coefficient (Wildman–Crippen LogP) is 3.59.